The van der Waals surface area contributed by atoms with Gasteiger partial charge in [0.05, 0.1) is 55.9 Å². The minimum atomic E-state index is 0.704. The Bertz CT molecular complexity index is 5410. The highest BCUT2D eigenvalue weighted by molar-refractivity contribution is 6.13. The molecular formula is C81H52N6. The number of aromatic nitrogens is 6. The smallest absolute Gasteiger partial charge is 0.160 e. The van der Waals surface area contributed by atoms with Crippen molar-refractivity contribution in [3.8, 4) is 95.7 Å². The van der Waals surface area contributed by atoms with Gasteiger partial charge in [-0.1, -0.05) is 206 Å². The van der Waals surface area contributed by atoms with Crippen molar-refractivity contribution in [2.75, 3.05) is 0 Å². The van der Waals surface area contributed by atoms with Gasteiger partial charge in [-0.3, -0.25) is 0 Å². The lowest BCUT2D eigenvalue weighted by Crippen LogP contribution is -1.96. The Balaban J connectivity index is 0.685. The fourth-order valence-electron chi connectivity index (χ4n) is 13.2. The number of benzene rings is 12. The Morgan fingerprint density at radius 3 is 1.05 bits per heavy atom. The molecule has 12 aromatic carbocycles. The molecule has 0 spiro atoms. The maximum atomic E-state index is 5.33. The van der Waals surface area contributed by atoms with Gasteiger partial charge in [-0.2, -0.15) is 0 Å². The lowest BCUT2D eigenvalue weighted by Gasteiger charge is -2.12. The molecule has 0 fully saturated rings. The van der Waals surface area contributed by atoms with Crippen molar-refractivity contribution in [1.29, 1.82) is 0 Å². The van der Waals surface area contributed by atoms with E-state index >= 15 is 0 Å². The van der Waals surface area contributed by atoms with Gasteiger partial charge < -0.3 is 13.7 Å². The van der Waals surface area contributed by atoms with E-state index in [-0.39, 0.29) is 0 Å². The molecule has 5 aromatic heterocycles. The van der Waals surface area contributed by atoms with Crippen molar-refractivity contribution in [2.45, 2.75) is 0 Å². The van der Waals surface area contributed by atoms with Gasteiger partial charge in [-0.25, -0.2) is 15.0 Å². The molecule has 0 aliphatic heterocycles. The van der Waals surface area contributed by atoms with E-state index in [4.69, 9.17) is 15.0 Å². The minimum Gasteiger partial charge on any atom is -0.309 e. The highest BCUT2D eigenvalue weighted by atomic mass is 15.0. The summed E-state index contributed by atoms with van der Waals surface area (Å²) in [5.41, 5.74) is 23.7. The number of hydrogen-bond donors (Lipinski definition) is 0. The summed E-state index contributed by atoms with van der Waals surface area (Å²) in [6, 6.07) is 113. The number of pyridine rings is 1. The molecule has 17 rings (SSSR count). The Morgan fingerprint density at radius 1 is 0.172 bits per heavy atom. The Labute approximate surface area is 502 Å². The normalized spacial score (nSPS) is 11.7. The van der Waals surface area contributed by atoms with Gasteiger partial charge in [0.2, 0.25) is 0 Å². The standard InChI is InChI=1S/C81H52N6/c1-3-19-54(20-4-1)73-52-74(84-81(83-73)55-21-5-2-6-22-55)59-24-15-23-56(47-59)53-39-43-62(44-40-53)85-77-37-13-9-31-67(77)69-50-57(41-45-79(69)85)58-42-46-80-70(51-58)68-32-10-14-38-78(68)87(80)64-28-17-26-61(49-64)72-34-18-33-71(82-72)60-25-16-27-63(48-60)86-75-35-11-7-29-65(75)66-30-8-12-36-76(66)86/h1-52H. The molecule has 6 heteroatoms. The molecule has 406 valence electrons. The van der Waals surface area contributed by atoms with Gasteiger partial charge in [-0.15, -0.1) is 0 Å². The molecule has 0 amide bonds. The zero-order valence-corrected chi connectivity index (χ0v) is 47.2. The van der Waals surface area contributed by atoms with E-state index in [1.807, 2.05) is 24.3 Å². The van der Waals surface area contributed by atoms with Crippen LogP contribution < -0.4 is 0 Å². The monoisotopic (exact) mass is 1110 g/mol. The summed E-state index contributed by atoms with van der Waals surface area (Å²) in [6.07, 6.45) is 0. The second kappa shape index (κ2) is 20.6. The molecule has 0 aliphatic carbocycles. The Kier molecular flexibility index (Phi) is 11.8. The highest BCUT2D eigenvalue weighted by Crippen LogP contribution is 2.41. The molecule has 0 unspecified atom stereocenters. The zero-order chi connectivity index (χ0) is 57.4. The second-order valence-corrected chi connectivity index (χ2v) is 22.4. The van der Waals surface area contributed by atoms with Crippen LogP contribution in [0.1, 0.15) is 0 Å². The van der Waals surface area contributed by atoms with Crippen molar-refractivity contribution in [2.24, 2.45) is 0 Å². The van der Waals surface area contributed by atoms with E-state index in [0.29, 0.717) is 5.82 Å². The Morgan fingerprint density at radius 2 is 0.529 bits per heavy atom. The van der Waals surface area contributed by atoms with Crippen LogP contribution in [0.4, 0.5) is 0 Å². The molecule has 0 N–H and O–H groups in total. The lowest BCUT2D eigenvalue weighted by molar-refractivity contribution is 1.17. The molecular weight excluding hydrogens is 1060 g/mol. The van der Waals surface area contributed by atoms with Gasteiger partial charge in [0, 0.05) is 77.2 Å². The first-order valence-corrected chi connectivity index (χ1v) is 29.6. The molecule has 6 nitrogen and oxygen atoms in total. The van der Waals surface area contributed by atoms with Crippen LogP contribution in [-0.2, 0) is 0 Å². The molecule has 0 saturated carbocycles. The predicted octanol–water partition coefficient (Wildman–Crippen LogP) is 20.8. The summed E-state index contributed by atoms with van der Waals surface area (Å²) in [4.78, 5) is 15.5. The molecule has 0 aliphatic rings. The zero-order valence-electron chi connectivity index (χ0n) is 47.2. The number of nitrogens with zero attached hydrogens (tertiary/aromatic N) is 6. The van der Waals surface area contributed by atoms with Gasteiger partial charge in [-0.05, 0) is 131 Å². The Hall–Kier alpha value is -11.7. The van der Waals surface area contributed by atoms with E-state index in [2.05, 4.69) is 305 Å². The second-order valence-electron chi connectivity index (χ2n) is 22.4. The van der Waals surface area contributed by atoms with Crippen molar-refractivity contribution >= 4 is 65.4 Å². The van der Waals surface area contributed by atoms with Crippen LogP contribution in [0.5, 0.6) is 0 Å². The van der Waals surface area contributed by atoms with Crippen LogP contribution in [0.2, 0.25) is 0 Å². The van der Waals surface area contributed by atoms with Crippen LogP contribution >= 0.6 is 0 Å². The molecule has 0 radical (unpaired) electrons. The first-order chi connectivity index (χ1) is 43.1. The fraction of sp³-hybridized carbons (Fsp3) is 0. The first-order valence-electron chi connectivity index (χ1n) is 29.6. The topological polar surface area (TPSA) is 53.5 Å². The fourth-order valence-corrected chi connectivity index (χ4v) is 13.2. The summed E-state index contributed by atoms with van der Waals surface area (Å²) in [5.74, 6) is 0.704. The average Bonchev–Trinajstić information content (AvgIpc) is 1.88. The van der Waals surface area contributed by atoms with Crippen molar-refractivity contribution < 1.29 is 0 Å². The third kappa shape index (κ3) is 8.61. The number of para-hydroxylation sites is 4. The lowest BCUT2D eigenvalue weighted by atomic mass is 10.00. The third-order valence-electron chi connectivity index (χ3n) is 17.3. The average molecular weight is 1110 g/mol. The van der Waals surface area contributed by atoms with Crippen LogP contribution in [0, 0.1) is 0 Å². The van der Waals surface area contributed by atoms with E-state index in [9.17, 15) is 0 Å². The largest absolute Gasteiger partial charge is 0.309 e. The molecule has 0 atom stereocenters. The quantitative estimate of drug-likeness (QED) is 0.137. The predicted molar refractivity (Wildman–Crippen MR) is 361 cm³/mol. The minimum absolute atomic E-state index is 0.704. The van der Waals surface area contributed by atoms with Crippen molar-refractivity contribution in [3.05, 3.63) is 315 Å². The summed E-state index contributed by atoms with van der Waals surface area (Å²) in [7, 11) is 0. The maximum absolute atomic E-state index is 5.33. The number of hydrogen-bond acceptors (Lipinski definition) is 3. The van der Waals surface area contributed by atoms with E-state index in [0.717, 1.165) is 95.3 Å². The van der Waals surface area contributed by atoms with Crippen LogP contribution in [0.3, 0.4) is 0 Å². The third-order valence-corrected chi connectivity index (χ3v) is 17.3. The van der Waals surface area contributed by atoms with Crippen molar-refractivity contribution in [1.82, 2.24) is 28.7 Å². The molecule has 5 heterocycles. The van der Waals surface area contributed by atoms with Crippen LogP contribution in [0.15, 0.2) is 315 Å². The number of rotatable bonds is 10. The number of fused-ring (bicyclic) bond motifs is 9. The maximum Gasteiger partial charge on any atom is 0.160 e. The summed E-state index contributed by atoms with van der Waals surface area (Å²) >= 11 is 0. The SMILES string of the molecule is c1ccc(-c2cc(-c3cccc(-c4ccc(-n5c6ccccc6c6cc(-c7ccc8c(c7)c7ccccc7n8-c7cccc(-c8cccc(-c9cccc(-n%10c%11ccccc%11c%11ccccc%11%10)c9)n8)c7)ccc65)cc4)c3)nc(-c3ccccc3)n2)cc1. The summed E-state index contributed by atoms with van der Waals surface area (Å²) in [5, 5.41) is 7.33. The van der Waals surface area contributed by atoms with Gasteiger partial charge in [0.15, 0.2) is 5.82 Å². The molecule has 87 heavy (non-hydrogen) atoms. The van der Waals surface area contributed by atoms with Crippen molar-refractivity contribution in [3.63, 3.8) is 0 Å². The highest BCUT2D eigenvalue weighted by Gasteiger charge is 2.19. The molecule has 0 saturated heterocycles. The summed E-state index contributed by atoms with van der Waals surface area (Å²) < 4.78 is 7.16. The summed E-state index contributed by atoms with van der Waals surface area (Å²) in [6.45, 7) is 0. The van der Waals surface area contributed by atoms with E-state index < -0.39 is 0 Å². The first kappa shape index (κ1) is 49.8. The van der Waals surface area contributed by atoms with E-state index in [1.54, 1.807) is 0 Å². The molecule has 17 aromatic rings. The van der Waals surface area contributed by atoms with E-state index in [1.165, 1.54) is 60.0 Å². The molecule has 0 bridgehead atoms. The van der Waals surface area contributed by atoms with Gasteiger partial charge >= 0.3 is 0 Å². The van der Waals surface area contributed by atoms with Crippen LogP contribution in [0.25, 0.3) is 161 Å². The van der Waals surface area contributed by atoms with Crippen LogP contribution in [-0.4, -0.2) is 28.7 Å². The van der Waals surface area contributed by atoms with Gasteiger partial charge in [0.25, 0.3) is 0 Å². The van der Waals surface area contributed by atoms with Gasteiger partial charge in [0.1, 0.15) is 0 Å².